The Kier molecular flexibility index (Phi) is 6.72. The molecule has 0 fully saturated rings. The Bertz CT molecular complexity index is 1370. The van der Waals surface area contributed by atoms with Gasteiger partial charge in [0.1, 0.15) is 12.4 Å². The topological polar surface area (TPSA) is 65.7 Å². The smallest absolute Gasteiger partial charge is 0.282 e. The molecule has 3 aromatic carbocycles. The molecule has 4 rings (SSSR count). The molecule has 32 heavy (non-hydrogen) atoms. The lowest BCUT2D eigenvalue weighted by Crippen LogP contribution is -2.20. The van der Waals surface area contributed by atoms with Gasteiger partial charge in [0.05, 0.1) is 24.2 Å². The standard InChI is InChI=1S/C24H19Br2N3O3/c1-15-28-21-9-8-18(25)11-19(21)24(30)29(15)27-13-17-10-22(31-2)23(12-20(17)26)32-14-16-6-4-3-5-7-16/h3-13H,14H2,1-2H3. The van der Waals surface area contributed by atoms with E-state index >= 15 is 0 Å². The summed E-state index contributed by atoms with van der Waals surface area (Å²) in [7, 11) is 1.58. The van der Waals surface area contributed by atoms with E-state index in [1.54, 1.807) is 38.4 Å². The molecule has 0 aliphatic carbocycles. The molecule has 0 aliphatic rings. The molecule has 0 unspecified atom stereocenters. The zero-order chi connectivity index (χ0) is 22.7. The number of hydrogen-bond donors (Lipinski definition) is 0. The van der Waals surface area contributed by atoms with Gasteiger partial charge in [-0.25, -0.2) is 4.98 Å². The lowest BCUT2D eigenvalue weighted by molar-refractivity contribution is 0.284. The van der Waals surface area contributed by atoms with Gasteiger partial charge in [0.25, 0.3) is 5.56 Å². The first kappa shape index (κ1) is 22.2. The van der Waals surface area contributed by atoms with E-state index in [-0.39, 0.29) is 5.56 Å². The summed E-state index contributed by atoms with van der Waals surface area (Å²) in [6.07, 6.45) is 1.59. The van der Waals surface area contributed by atoms with Crippen LogP contribution in [-0.2, 0) is 6.61 Å². The highest BCUT2D eigenvalue weighted by Gasteiger charge is 2.11. The molecule has 0 amide bonds. The summed E-state index contributed by atoms with van der Waals surface area (Å²) < 4.78 is 14.3. The van der Waals surface area contributed by atoms with Crippen molar-refractivity contribution in [3.8, 4) is 11.5 Å². The van der Waals surface area contributed by atoms with E-state index in [1.807, 2.05) is 42.5 Å². The summed E-state index contributed by atoms with van der Waals surface area (Å²) in [6.45, 7) is 2.17. The number of nitrogens with zero attached hydrogens (tertiary/aromatic N) is 3. The molecule has 6 nitrogen and oxygen atoms in total. The van der Waals surface area contributed by atoms with Crippen LogP contribution in [-0.4, -0.2) is 23.0 Å². The molecule has 0 saturated heterocycles. The van der Waals surface area contributed by atoms with E-state index in [9.17, 15) is 4.79 Å². The minimum atomic E-state index is -0.240. The van der Waals surface area contributed by atoms with E-state index in [0.29, 0.717) is 34.8 Å². The van der Waals surface area contributed by atoms with Crippen molar-refractivity contribution in [2.24, 2.45) is 5.10 Å². The molecule has 0 aliphatic heterocycles. The summed E-state index contributed by atoms with van der Waals surface area (Å²) in [5.74, 6) is 1.66. The van der Waals surface area contributed by atoms with E-state index < -0.39 is 0 Å². The van der Waals surface area contributed by atoms with Crippen molar-refractivity contribution in [3.63, 3.8) is 0 Å². The number of rotatable bonds is 6. The van der Waals surface area contributed by atoms with Crippen LogP contribution >= 0.6 is 31.9 Å². The van der Waals surface area contributed by atoms with Gasteiger partial charge in [0.2, 0.25) is 0 Å². The molecule has 162 valence electrons. The van der Waals surface area contributed by atoms with Gasteiger partial charge in [-0.05, 0) is 58.7 Å². The first-order chi connectivity index (χ1) is 15.5. The molecule has 0 atom stereocenters. The van der Waals surface area contributed by atoms with Crippen molar-refractivity contribution < 1.29 is 9.47 Å². The number of aryl methyl sites for hydroxylation is 1. The van der Waals surface area contributed by atoms with E-state index in [1.165, 1.54) is 4.68 Å². The van der Waals surface area contributed by atoms with Crippen LogP contribution in [0.2, 0.25) is 0 Å². The van der Waals surface area contributed by atoms with Gasteiger partial charge >= 0.3 is 0 Å². The average molecular weight is 557 g/mol. The molecule has 0 radical (unpaired) electrons. The third-order valence-electron chi connectivity index (χ3n) is 4.80. The van der Waals surface area contributed by atoms with Gasteiger partial charge in [-0.15, -0.1) is 0 Å². The summed E-state index contributed by atoms with van der Waals surface area (Å²) in [4.78, 5) is 17.4. The van der Waals surface area contributed by atoms with Gasteiger partial charge in [0.15, 0.2) is 11.5 Å². The van der Waals surface area contributed by atoms with Gasteiger partial charge < -0.3 is 9.47 Å². The largest absolute Gasteiger partial charge is 0.493 e. The maximum absolute atomic E-state index is 12.9. The monoisotopic (exact) mass is 555 g/mol. The molecule has 1 heterocycles. The zero-order valence-electron chi connectivity index (χ0n) is 17.4. The van der Waals surface area contributed by atoms with Crippen molar-refractivity contribution in [2.75, 3.05) is 7.11 Å². The Balaban J connectivity index is 1.65. The summed E-state index contributed by atoms with van der Waals surface area (Å²) in [5.41, 5.74) is 2.18. The Morgan fingerprint density at radius 3 is 2.59 bits per heavy atom. The third kappa shape index (κ3) is 4.76. The van der Waals surface area contributed by atoms with Crippen LogP contribution in [0.3, 0.4) is 0 Å². The van der Waals surface area contributed by atoms with Crippen LogP contribution in [0.25, 0.3) is 10.9 Å². The Morgan fingerprint density at radius 2 is 1.84 bits per heavy atom. The van der Waals surface area contributed by atoms with Crippen molar-refractivity contribution in [1.82, 2.24) is 9.66 Å². The maximum Gasteiger partial charge on any atom is 0.282 e. The minimum absolute atomic E-state index is 0.240. The highest BCUT2D eigenvalue weighted by atomic mass is 79.9. The van der Waals surface area contributed by atoms with Crippen molar-refractivity contribution in [2.45, 2.75) is 13.5 Å². The van der Waals surface area contributed by atoms with Crippen LogP contribution < -0.4 is 15.0 Å². The van der Waals surface area contributed by atoms with Crippen LogP contribution in [0.1, 0.15) is 17.0 Å². The lowest BCUT2D eigenvalue weighted by atomic mass is 10.2. The summed E-state index contributed by atoms with van der Waals surface area (Å²) >= 11 is 6.96. The van der Waals surface area contributed by atoms with Gasteiger partial charge in [-0.3, -0.25) is 4.79 Å². The van der Waals surface area contributed by atoms with Crippen molar-refractivity contribution in [1.29, 1.82) is 0 Å². The fraction of sp³-hybridized carbons (Fsp3) is 0.125. The third-order valence-corrected chi connectivity index (χ3v) is 5.98. The minimum Gasteiger partial charge on any atom is -0.493 e. The Hall–Kier alpha value is -2.97. The first-order valence-corrected chi connectivity index (χ1v) is 11.3. The van der Waals surface area contributed by atoms with Crippen LogP contribution in [0.4, 0.5) is 0 Å². The van der Waals surface area contributed by atoms with Crippen molar-refractivity contribution in [3.05, 3.63) is 96.9 Å². The fourth-order valence-electron chi connectivity index (χ4n) is 3.17. The predicted molar refractivity (Wildman–Crippen MR) is 133 cm³/mol. The zero-order valence-corrected chi connectivity index (χ0v) is 20.6. The molecular weight excluding hydrogens is 538 g/mol. The average Bonchev–Trinajstić information content (AvgIpc) is 2.79. The number of methoxy groups -OCH3 is 1. The number of benzene rings is 3. The van der Waals surface area contributed by atoms with Gasteiger partial charge in [-0.2, -0.15) is 9.78 Å². The molecule has 4 aromatic rings. The second kappa shape index (κ2) is 9.67. The number of hydrogen-bond acceptors (Lipinski definition) is 5. The SMILES string of the molecule is COc1cc(C=Nn2c(C)nc3ccc(Br)cc3c2=O)c(Br)cc1OCc1ccccc1. The van der Waals surface area contributed by atoms with Crippen molar-refractivity contribution >= 4 is 49.0 Å². The van der Waals surface area contributed by atoms with Crippen LogP contribution in [0.15, 0.2) is 79.5 Å². The quantitative estimate of drug-likeness (QED) is 0.286. The molecular formula is C24H19Br2N3O3. The fourth-order valence-corrected chi connectivity index (χ4v) is 3.96. The van der Waals surface area contributed by atoms with Gasteiger partial charge in [-0.1, -0.05) is 46.3 Å². The highest BCUT2D eigenvalue weighted by molar-refractivity contribution is 9.10. The number of aromatic nitrogens is 2. The Morgan fingerprint density at radius 1 is 1.06 bits per heavy atom. The number of halogens is 2. The second-order valence-electron chi connectivity index (χ2n) is 6.98. The van der Waals surface area contributed by atoms with Crippen LogP contribution in [0, 0.1) is 6.92 Å². The predicted octanol–water partition coefficient (Wildman–Crippen LogP) is 5.70. The first-order valence-electron chi connectivity index (χ1n) is 9.74. The van der Waals surface area contributed by atoms with E-state index in [4.69, 9.17) is 9.47 Å². The summed E-state index contributed by atoms with van der Waals surface area (Å²) in [5, 5.41) is 4.88. The van der Waals surface area contributed by atoms with E-state index in [2.05, 4.69) is 41.9 Å². The molecule has 1 aromatic heterocycles. The molecule has 8 heteroatoms. The normalized spacial score (nSPS) is 11.2. The lowest BCUT2D eigenvalue weighted by Gasteiger charge is -2.13. The highest BCUT2D eigenvalue weighted by Crippen LogP contribution is 2.33. The summed E-state index contributed by atoms with van der Waals surface area (Å²) in [6, 6.07) is 18.9. The molecule has 0 N–H and O–H groups in total. The molecule has 0 spiro atoms. The van der Waals surface area contributed by atoms with Gasteiger partial charge in [0, 0.05) is 14.5 Å². The number of fused-ring (bicyclic) bond motifs is 1. The van der Waals surface area contributed by atoms with E-state index in [0.717, 1.165) is 20.1 Å². The molecule has 0 saturated carbocycles. The molecule has 0 bridgehead atoms. The number of ether oxygens (including phenoxy) is 2. The Labute approximate surface area is 201 Å². The second-order valence-corrected chi connectivity index (χ2v) is 8.75. The van der Waals surface area contributed by atoms with Crippen LogP contribution in [0.5, 0.6) is 11.5 Å². The maximum atomic E-state index is 12.9.